The molecule has 1 rings (SSSR count). The van der Waals surface area contributed by atoms with Crippen LogP contribution in [-0.2, 0) is 9.53 Å². The van der Waals surface area contributed by atoms with Crippen molar-refractivity contribution in [3.05, 3.63) is 0 Å². The normalized spacial score (nSPS) is 18.4. The van der Waals surface area contributed by atoms with Crippen LogP contribution in [0.5, 0.6) is 0 Å². The van der Waals surface area contributed by atoms with Crippen LogP contribution in [0.3, 0.4) is 0 Å². The highest BCUT2D eigenvalue weighted by atomic mass is 16.5. The number of nitrogens with one attached hydrogen (secondary N) is 1. The van der Waals surface area contributed by atoms with Gasteiger partial charge in [0, 0.05) is 26.8 Å². The summed E-state index contributed by atoms with van der Waals surface area (Å²) in [6.07, 6.45) is 6.96. The molecule has 0 bridgehead atoms. The lowest BCUT2D eigenvalue weighted by molar-refractivity contribution is -0.133. The summed E-state index contributed by atoms with van der Waals surface area (Å²) in [5, 5.41) is 3.31. The molecule has 0 spiro atoms. The lowest BCUT2D eigenvalue weighted by Crippen LogP contribution is -2.45. The van der Waals surface area contributed by atoms with Crippen LogP contribution in [-0.4, -0.2) is 50.2 Å². The van der Waals surface area contributed by atoms with E-state index in [9.17, 15) is 4.79 Å². The molecule has 0 aromatic carbocycles. The number of amides is 1. The third-order valence-electron chi connectivity index (χ3n) is 3.51. The molecule has 1 saturated heterocycles. The molecule has 0 aromatic rings. The van der Waals surface area contributed by atoms with E-state index in [2.05, 4.69) is 5.32 Å². The van der Waals surface area contributed by atoms with E-state index < -0.39 is 0 Å². The first-order chi connectivity index (χ1) is 8.75. The molecule has 0 aromatic heterocycles. The van der Waals surface area contributed by atoms with Crippen LogP contribution in [0.4, 0.5) is 0 Å². The van der Waals surface area contributed by atoms with E-state index in [1.54, 1.807) is 7.11 Å². The van der Waals surface area contributed by atoms with E-state index in [1.165, 1.54) is 12.8 Å². The fourth-order valence-corrected chi connectivity index (χ4v) is 2.34. The quantitative estimate of drug-likeness (QED) is 0.706. The summed E-state index contributed by atoms with van der Waals surface area (Å²) in [6, 6.07) is -0.0503. The van der Waals surface area contributed by atoms with Crippen molar-refractivity contribution >= 4 is 5.91 Å². The lowest BCUT2D eigenvalue weighted by atomic mass is 10.2. The van der Waals surface area contributed by atoms with Gasteiger partial charge in [-0.15, -0.1) is 0 Å². The van der Waals surface area contributed by atoms with Crippen molar-refractivity contribution in [2.24, 2.45) is 0 Å². The first-order valence-electron chi connectivity index (χ1n) is 7.27. The Hall–Kier alpha value is -0.610. The molecule has 1 N–H and O–H groups in total. The zero-order chi connectivity index (χ0) is 13.2. The molecule has 4 heteroatoms. The maximum absolute atomic E-state index is 12.2. The minimum absolute atomic E-state index is 0.0503. The molecule has 0 saturated carbocycles. The Bertz CT molecular complexity index is 226. The summed E-state index contributed by atoms with van der Waals surface area (Å²) < 4.78 is 5.00. The van der Waals surface area contributed by atoms with Crippen molar-refractivity contribution < 1.29 is 9.53 Å². The Morgan fingerprint density at radius 3 is 2.50 bits per heavy atom. The molecular weight excluding hydrogens is 228 g/mol. The molecule has 1 unspecified atom stereocenters. The van der Waals surface area contributed by atoms with Crippen LogP contribution in [0, 0.1) is 0 Å². The summed E-state index contributed by atoms with van der Waals surface area (Å²) in [6.45, 7) is 5.55. The summed E-state index contributed by atoms with van der Waals surface area (Å²) in [4.78, 5) is 14.2. The van der Waals surface area contributed by atoms with Crippen LogP contribution < -0.4 is 5.32 Å². The molecule has 1 fully saturated rings. The largest absolute Gasteiger partial charge is 0.385 e. The van der Waals surface area contributed by atoms with Crippen molar-refractivity contribution in [3.63, 3.8) is 0 Å². The summed E-state index contributed by atoms with van der Waals surface area (Å²) in [5.41, 5.74) is 0. The van der Waals surface area contributed by atoms with E-state index in [4.69, 9.17) is 4.74 Å². The van der Waals surface area contributed by atoms with E-state index >= 15 is 0 Å². The zero-order valence-electron chi connectivity index (χ0n) is 11.9. The topological polar surface area (TPSA) is 41.6 Å². The SMILES string of the molecule is COCCCCNC(C)C(=O)N1CCCCCC1. The molecule has 106 valence electrons. The highest BCUT2D eigenvalue weighted by Crippen LogP contribution is 2.10. The van der Waals surface area contributed by atoms with Gasteiger partial charge in [-0.2, -0.15) is 0 Å². The monoisotopic (exact) mass is 256 g/mol. The predicted molar refractivity (Wildman–Crippen MR) is 73.6 cm³/mol. The van der Waals surface area contributed by atoms with Gasteiger partial charge in [-0.05, 0) is 39.2 Å². The van der Waals surface area contributed by atoms with Gasteiger partial charge in [-0.1, -0.05) is 12.8 Å². The fraction of sp³-hybridized carbons (Fsp3) is 0.929. The van der Waals surface area contributed by atoms with Crippen LogP contribution in [0.1, 0.15) is 45.4 Å². The van der Waals surface area contributed by atoms with Crippen molar-refractivity contribution in [1.82, 2.24) is 10.2 Å². The molecule has 18 heavy (non-hydrogen) atoms. The Balaban J connectivity index is 2.18. The third kappa shape index (κ3) is 5.83. The second kappa shape index (κ2) is 9.34. The van der Waals surface area contributed by atoms with Crippen LogP contribution >= 0.6 is 0 Å². The first kappa shape index (κ1) is 15.4. The summed E-state index contributed by atoms with van der Waals surface area (Å²) >= 11 is 0. The number of rotatable bonds is 7. The minimum Gasteiger partial charge on any atom is -0.385 e. The van der Waals surface area contributed by atoms with Gasteiger partial charge >= 0.3 is 0 Å². The van der Waals surface area contributed by atoms with Gasteiger partial charge in [0.05, 0.1) is 6.04 Å². The van der Waals surface area contributed by atoms with Crippen molar-refractivity contribution in [2.75, 3.05) is 33.4 Å². The van der Waals surface area contributed by atoms with Gasteiger partial charge in [0.15, 0.2) is 0 Å². The van der Waals surface area contributed by atoms with Gasteiger partial charge in [-0.3, -0.25) is 4.79 Å². The van der Waals surface area contributed by atoms with Gasteiger partial charge in [-0.25, -0.2) is 0 Å². The molecular formula is C14H28N2O2. The molecule has 1 aliphatic rings. The van der Waals surface area contributed by atoms with E-state index in [-0.39, 0.29) is 11.9 Å². The average molecular weight is 256 g/mol. The first-order valence-corrected chi connectivity index (χ1v) is 7.27. The van der Waals surface area contributed by atoms with Crippen LogP contribution in [0.2, 0.25) is 0 Å². The van der Waals surface area contributed by atoms with E-state index in [1.807, 2.05) is 11.8 Å². The second-order valence-electron chi connectivity index (χ2n) is 5.12. The Morgan fingerprint density at radius 1 is 1.22 bits per heavy atom. The third-order valence-corrected chi connectivity index (χ3v) is 3.51. The highest BCUT2D eigenvalue weighted by molar-refractivity contribution is 5.81. The Labute approximate surface area is 111 Å². The second-order valence-corrected chi connectivity index (χ2v) is 5.12. The van der Waals surface area contributed by atoms with Crippen molar-refractivity contribution in [3.8, 4) is 0 Å². The zero-order valence-corrected chi connectivity index (χ0v) is 11.9. The van der Waals surface area contributed by atoms with E-state index in [0.29, 0.717) is 0 Å². The van der Waals surface area contributed by atoms with Crippen molar-refractivity contribution in [1.29, 1.82) is 0 Å². The average Bonchev–Trinajstić information content (AvgIpc) is 2.66. The summed E-state index contributed by atoms with van der Waals surface area (Å²) in [7, 11) is 1.72. The Morgan fingerprint density at radius 2 is 1.89 bits per heavy atom. The number of carbonyl (C=O) groups is 1. The number of unbranched alkanes of at least 4 members (excludes halogenated alkanes) is 1. The standard InChI is InChI=1S/C14H28N2O2/c1-13(15-9-5-8-12-18-2)14(17)16-10-6-3-4-7-11-16/h13,15H,3-12H2,1-2H3. The Kier molecular flexibility index (Phi) is 8.01. The molecule has 0 aliphatic carbocycles. The number of carbonyl (C=O) groups excluding carboxylic acids is 1. The fourth-order valence-electron chi connectivity index (χ4n) is 2.34. The van der Waals surface area contributed by atoms with Gasteiger partial charge in [0.25, 0.3) is 0 Å². The number of ether oxygens (including phenoxy) is 1. The predicted octanol–water partition coefficient (Wildman–Crippen LogP) is 1.79. The molecule has 1 atom stereocenters. The van der Waals surface area contributed by atoms with Gasteiger partial charge in [0.2, 0.25) is 5.91 Å². The number of hydrogen-bond acceptors (Lipinski definition) is 3. The van der Waals surface area contributed by atoms with Crippen LogP contribution in [0.25, 0.3) is 0 Å². The molecule has 1 heterocycles. The maximum atomic E-state index is 12.2. The van der Waals surface area contributed by atoms with Gasteiger partial charge < -0.3 is 15.0 Å². The minimum atomic E-state index is -0.0503. The highest BCUT2D eigenvalue weighted by Gasteiger charge is 2.20. The summed E-state index contributed by atoms with van der Waals surface area (Å²) in [5.74, 6) is 0.267. The number of nitrogens with zero attached hydrogens (tertiary/aromatic N) is 1. The number of likely N-dealkylation sites (tertiary alicyclic amines) is 1. The molecule has 1 amide bonds. The number of hydrogen-bond donors (Lipinski definition) is 1. The molecule has 0 radical (unpaired) electrons. The number of methoxy groups -OCH3 is 1. The maximum Gasteiger partial charge on any atom is 0.239 e. The van der Waals surface area contributed by atoms with E-state index in [0.717, 1.165) is 51.9 Å². The smallest absolute Gasteiger partial charge is 0.239 e. The lowest BCUT2D eigenvalue weighted by Gasteiger charge is -2.24. The van der Waals surface area contributed by atoms with Crippen molar-refractivity contribution in [2.45, 2.75) is 51.5 Å². The molecule has 4 nitrogen and oxygen atoms in total. The van der Waals surface area contributed by atoms with Gasteiger partial charge in [0.1, 0.15) is 0 Å². The molecule has 1 aliphatic heterocycles. The van der Waals surface area contributed by atoms with Crippen LogP contribution in [0.15, 0.2) is 0 Å².